The maximum atomic E-state index is 10.5. The molecular formula is C7H8N2O5. The van der Waals surface area contributed by atoms with Gasteiger partial charge in [0.15, 0.2) is 5.60 Å². The molecular weight excluding hydrogens is 192 g/mol. The summed E-state index contributed by atoms with van der Waals surface area (Å²) in [7, 11) is 0. The van der Waals surface area contributed by atoms with Gasteiger partial charge in [0, 0.05) is 11.0 Å². The third-order valence-electron chi connectivity index (χ3n) is 1.96. The van der Waals surface area contributed by atoms with Crippen LogP contribution in [0.3, 0.4) is 0 Å². The predicted molar refractivity (Wildman–Crippen MR) is 45.6 cm³/mol. The van der Waals surface area contributed by atoms with Gasteiger partial charge in [-0.05, 0) is 13.0 Å². The quantitative estimate of drug-likeness (QED) is 0.503. The van der Waals surface area contributed by atoms with Crippen molar-refractivity contribution in [2.45, 2.75) is 18.6 Å². The van der Waals surface area contributed by atoms with E-state index in [9.17, 15) is 25.3 Å². The molecule has 0 aromatic rings. The number of aliphatic hydroxyl groups is 1. The summed E-state index contributed by atoms with van der Waals surface area (Å²) in [6.07, 6.45) is 2.94. The molecule has 0 heterocycles. The zero-order chi connectivity index (χ0) is 10.9. The van der Waals surface area contributed by atoms with Gasteiger partial charge in [-0.3, -0.25) is 20.2 Å². The van der Waals surface area contributed by atoms with Crippen LogP contribution in [0.15, 0.2) is 23.9 Å². The predicted octanol–water partition coefficient (Wildman–Crippen LogP) is 0.113. The first-order valence-electron chi connectivity index (χ1n) is 3.76. The van der Waals surface area contributed by atoms with E-state index < -0.39 is 21.5 Å². The van der Waals surface area contributed by atoms with Crippen LogP contribution in [0.1, 0.15) is 6.92 Å². The molecule has 1 aliphatic carbocycles. The van der Waals surface area contributed by atoms with Gasteiger partial charge in [0.1, 0.15) is 0 Å². The van der Waals surface area contributed by atoms with Crippen LogP contribution in [0.4, 0.5) is 0 Å². The normalized spacial score (nSPS) is 31.0. The highest BCUT2D eigenvalue weighted by atomic mass is 16.6. The van der Waals surface area contributed by atoms with Crippen LogP contribution in [0.5, 0.6) is 0 Å². The average Bonchev–Trinajstić information content (AvgIpc) is 2.02. The van der Waals surface area contributed by atoms with Gasteiger partial charge in [0.2, 0.25) is 0 Å². The standard InChI is InChI=1S/C7H8N2O5/c1-7(10)3-2-5(8(11)12)4-6(7)9(13)14/h2-4,6,10H,1H3. The molecule has 1 N–H and O–H groups in total. The van der Waals surface area contributed by atoms with Gasteiger partial charge >= 0.3 is 0 Å². The Morgan fingerprint density at radius 1 is 1.50 bits per heavy atom. The van der Waals surface area contributed by atoms with Crippen LogP contribution < -0.4 is 0 Å². The summed E-state index contributed by atoms with van der Waals surface area (Å²) in [6.45, 7) is 1.23. The molecule has 7 heteroatoms. The van der Waals surface area contributed by atoms with Crippen molar-refractivity contribution in [3.05, 3.63) is 44.2 Å². The minimum Gasteiger partial charge on any atom is -0.378 e. The van der Waals surface area contributed by atoms with Gasteiger partial charge in [-0.25, -0.2) is 0 Å². The van der Waals surface area contributed by atoms with E-state index in [0.29, 0.717) is 0 Å². The first-order chi connectivity index (χ1) is 6.34. The number of nitrogens with zero attached hydrogens (tertiary/aromatic N) is 2. The first kappa shape index (κ1) is 10.3. The molecule has 2 unspecified atom stereocenters. The summed E-state index contributed by atoms with van der Waals surface area (Å²) in [5.41, 5.74) is -2.05. The van der Waals surface area contributed by atoms with Crippen LogP contribution in [-0.2, 0) is 0 Å². The van der Waals surface area contributed by atoms with E-state index in [-0.39, 0.29) is 5.70 Å². The first-order valence-corrected chi connectivity index (χ1v) is 3.76. The van der Waals surface area contributed by atoms with E-state index in [4.69, 9.17) is 0 Å². The van der Waals surface area contributed by atoms with Crippen molar-refractivity contribution >= 4 is 0 Å². The van der Waals surface area contributed by atoms with Crippen molar-refractivity contribution in [1.29, 1.82) is 0 Å². The zero-order valence-electron chi connectivity index (χ0n) is 7.28. The smallest absolute Gasteiger partial charge is 0.272 e. The Balaban J connectivity index is 3.07. The Morgan fingerprint density at radius 2 is 2.07 bits per heavy atom. The molecule has 0 aromatic carbocycles. The molecule has 7 nitrogen and oxygen atoms in total. The van der Waals surface area contributed by atoms with E-state index in [1.54, 1.807) is 0 Å². The largest absolute Gasteiger partial charge is 0.378 e. The summed E-state index contributed by atoms with van der Waals surface area (Å²) in [4.78, 5) is 19.3. The molecule has 0 amide bonds. The lowest BCUT2D eigenvalue weighted by Crippen LogP contribution is -2.43. The van der Waals surface area contributed by atoms with Crippen molar-refractivity contribution in [1.82, 2.24) is 0 Å². The molecule has 14 heavy (non-hydrogen) atoms. The SMILES string of the molecule is CC1(O)C=CC([N+](=O)[O-])=CC1[N+](=O)[O-]. The fraction of sp³-hybridized carbons (Fsp3) is 0.429. The second-order valence-corrected chi connectivity index (χ2v) is 3.14. The van der Waals surface area contributed by atoms with E-state index in [1.165, 1.54) is 6.92 Å². The van der Waals surface area contributed by atoms with Crippen LogP contribution in [0, 0.1) is 20.2 Å². The molecule has 0 saturated carbocycles. The van der Waals surface area contributed by atoms with Crippen LogP contribution >= 0.6 is 0 Å². The van der Waals surface area contributed by atoms with Crippen molar-refractivity contribution in [2.75, 3.05) is 0 Å². The fourth-order valence-electron chi connectivity index (χ4n) is 1.13. The lowest BCUT2D eigenvalue weighted by atomic mass is 9.91. The van der Waals surface area contributed by atoms with Crippen LogP contribution in [-0.4, -0.2) is 26.6 Å². The highest BCUT2D eigenvalue weighted by molar-refractivity contribution is 5.25. The molecule has 0 radical (unpaired) electrons. The van der Waals surface area contributed by atoms with Crippen molar-refractivity contribution < 1.29 is 15.0 Å². The molecule has 0 aromatic heterocycles. The monoisotopic (exact) mass is 200 g/mol. The molecule has 2 atom stereocenters. The number of allylic oxidation sites excluding steroid dienone is 1. The fourth-order valence-corrected chi connectivity index (χ4v) is 1.13. The van der Waals surface area contributed by atoms with Crippen molar-refractivity contribution in [3.8, 4) is 0 Å². The summed E-state index contributed by atoms with van der Waals surface area (Å²) in [5.74, 6) is 0. The summed E-state index contributed by atoms with van der Waals surface area (Å²) in [6, 6.07) is -1.48. The topological polar surface area (TPSA) is 107 Å². The number of hydrogen-bond donors (Lipinski definition) is 1. The van der Waals surface area contributed by atoms with Gasteiger partial charge in [-0.15, -0.1) is 0 Å². The summed E-state index contributed by atoms with van der Waals surface area (Å²) >= 11 is 0. The lowest BCUT2D eigenvalue weighted by molar-refractivity contribution is -0.530. The molecule has 1 aliphatic rings. The summed E-state index contributed by atoms with van der Waals surface area (Å²) in [5, 5.41) is 30.3. The van der Waals surface area contributed by atoms with Crippen molar-refractivity contribution in [2.24, 2.45) is 0 Å². The molecule has 0 aliphatic heterocycles. The van der Waals surface area contributed by atoms with Crippen LogP contribution in [0.25, 0.3) is 0 Å². The Morgan fingerprint density at radius 3 is 2.50 bits per heavy atom. The lowest BCUT2D eigenvalue weighted by Gasteiger charge is -2.22. The number of nitro groups is 2. The molecule has 1 rings (SSSR count). The third-order valence-corrected chi connectivity index (χ3v) is 1.96. The van der Waals surface area contributed by atoms with E-state index in [0.717, 1.165) is 18.2 Å². The van der Waals surface area contributed by atoms with Crippen molar-refractivity contribution in [3.63, 3.8) is 0 Å². The molecule has 0 spiro atoms. The maximum absolute atomic E-state index is 10.5. The average molecular weight is 200 g/mol. The van der Waals surface area contributed by atoms with Gasteiger partial charge in [-0.1, -0.05) is 0 Å². The Labute approximate surface area is 78.6 Å². The highest BCUT2D eigenvalue weighted by Crippen LogP contribution is 2.23. The number of rotatable bonds is 2. The Bertz CT molecular complexity index is 344. The summed E-state index contributed by atoms with van der Waals surface area (Å²) < 4.78 is 0. The second kappa shape index (κ2) is 3.18. The molecule has 0 saturated heterocycles. The number of hydrogen-bond acceptors (Lipinski definition) is 5. The van der Waals surface area contributed by atoms with Crippen LogP contribution in [0.2, 0.25) is 0 Å². The van der Waals surface area contributed by atoms with Gasteiger partial charge < -0.3 is 5.11 Å². The van der Waals surface area contributed by atoms with Gasteiger partial charge in [0.05, 0.1) is 11.0 Å². The van der Waals surface area contributed by atoms with E-state index in [1.807, 2.05) is 0 Å². The Hall–Kier alpha value is -1.76. The molecule has 76 valence electrons. The Kier molecular flexibility index (Phi) is 2.35. The highest BCUT2D eigenvalue weighted by Gasteiger charge is 2.42. The molecule has 0 bridgehead atoms. The third kappa shape index (κ3) is 1.77. The maximum Gasteiger partial charge on any atom is 0.272 e. The van der Waals surface area contributed by atoms with Gasteiger partial charge in [0.25, 0.3) is 11.7 Å². The van der Waals surface area contributed by atoms with E-state index >= 15 is 0 Å². The minimum absolute atomic E-state index is 0.377. The second-order valence-electron chi connectivity index (χ2n) is 3.14. The zero-order valence-corrected chi connectivity index (χ0v) is 7.28. The minimum atomic E-state index is -1.68. The van der Waals surface area contributed by atoms with E-state index in [2.05, 4.69) is 0 Å². The van der Waals surface area contributed by atoms with Gasteiger partial charge in [-0.2, -0.15) is 0 Å². The molecule has 0 fully saturated rings.